The second-order valence-corrected chi connectivity index (χ2v) is 58.6. The van der Waals surface area contributed by atoms with Crippen molar-refractivity contribution < 1.29 is 131 Å². The van der Waals surface area contributed by atoms with Gasteiger partial charge in [0.25, 0.3) is 0 Å². The third kappa shape index (κ3) is 22.6. The highest BCUT2D eigenvalue weighted by molar-refractivity contribution is 8.31. The lowest BCUT2D eigenvalue weighted by atomic mass is 9.70. The maximum absolute atomic E-state index is 12.8. The summed E-state index contributed by atoms with van der Waals surface area (Å²) in [4.78, 5) is 11.2. The van der Waals surface area contributed by atoms with E-state index < -0.39 is 204 Å². The van der Waals surface area contributed by atoms with E-state index in [0.29, 0.717) is 121 Å². The molecule has 2 unspecified atom stereocenters. The molecule has 3 aromatic rings. The van der Waals surface area contributed by atoms with Gasteiger partial charge in [-0.2, -0.15) is 0 Å². The number of carbonyl (C=O) groups excluding carboxylic acids is 1. The summed E-state index contributed by atoms with van der Waals surface area (Å²) in [5, 5.41) is -1.78. The van der Waals surface area contributed by atoms with E-state index in [9.17, 15) is 131 Å². The summed E-state index contributed by atoms with van der Waals surface area (Å²) >= 11 is 0. The number of hydrogen-bond donors (Lipinski definition) is 0. The van der Waals surface area contributed by atoms with Crippen LogP contribution in [0.1, 0.15) is 103 Å². The Hall–Kier alpha value is -3.42. The highest BCUT2D eigenvalue weighted by Gasteiger charge is 2.65. The molecule has 2 atom stereocenters. The average molecular weight is 1720 g/mol. The molecule has 46 heteroatoms. The van der Waals surface area contributed by atoms with Crippen LogP contribution in [0.25, 0.3) is 0 Å². The lowest BCUT2D eigenvalue weighted by Gasteiger charge is -2.39. The van der Waals surface area contributed by atoms with E-state index in [2.05, 4.69) is 0 Å². The van der Waals surface area contributed by atoms with Gasteiger partial charge in [0.15, 0.2) is 0 Å². The maximum Gasteiger partial charge on any atom is 0.140 e. The van der Waals surface area contributed by atoms with Gasteiger partial charge in [-0.3, -0.25) is 131 Å². The second-order valence-electron chi connectivity index (χ2n) is 25.2. The van der Waals surface area contributed by atoms with Gasteiger partial charge in [0.1, 0.15) is 5.78 Å². The van der Waals surface area contributed by atoms with E-state index in [1.54, 1.807) is 20.8 Å². The molecule has 0 saturated heterocycles. The van der Waals surface area contributed by atoms with Gasteiger partial charge in [-0.05, 0) is 93.2 Å². The van der Waals surface area contributed by atoms with Crippen LogP contribution in [0.15, 0.2) is 99.6 Å². The van der Waals surface area contributed by atoms with E-state index in [1.165, 1.54) is 60.7 Å². The van der Waals surface area contributed by atoms with Crippen LogP contribution >= 0.6 is 0 Å². The monoisotopic (exact) mass is 1720 g/mol. The van der Waals surface area contributed by atoms with Crippen LogP contribution in [0.2, 0.25) is 0 Å². The van der Waals surface area contributed by atoms with Crippen molar-refractivity contribution in [3.05, 3.63) is 110 Å². The van der Waals surface area contributed by atoms with Gasteiger partial charge in [-0.25, -0.2) is 0 Å². The molecule has 31 nitrogen and oxygen atoms in total. The SMILES string of the molecule is CC1(C)C2CCC1(CS(=O)(=O)[C-](S(C)(=O)=O)S(C)(=O)=O)C(=O)C2.CS(=O)(=O)[C-](S(=O)(=O)C1CCCCC1)S(=O)(=O)C1CCCCC1.CS(=O)(=O)[C-](S(=O)(=O)c1ccccc1)S(=O)(=O)c1ccccc1.CS(=O)(=O)[C-](S(C)(=O)=O)S(C)(=O)=O.Cc1ccc(S(=O)(=O)[C-](S(C)(=O)=O)S(C)(=O)=O)cc1. The molecule has 0 spiro atoms. The van der Waals surface area contributed by atoms with Gasteiger partial charge >= 0.3 is 0 Å². The number of hydrogen-bond acceptors (Lipinski definition) is 31. The smallest absolute Gasteiger partial charge is 0.140 e. The van der Waals surface area contributed by atoms with Gasteiger partial charge in [-0.15, -0.1) is 0 Å². The molecule has 4 aliphatic carbocycles. The first kappa shape index (κ1) is 91.8. The Kier molecular flexibility index (Phi) is 29.2. The van der Waals surface area contributed by atoms with Gasteiger partial charge in [0, 0.05) is 115 Å². The number of sulfone groups is 15. The number of Topliss-reactive ketones (excluding diaryl/α,β-unsaturated/α-hetero) is 1. The Morgan fingerprint density at radius 2 is 0.614 bits per heavy atom. The van der Waals surface area contributed by atoms with E-state index in [4.69, 9.17) is 0 Å². The van der Waals surface area contributed by atoms with Crippen molar-refractivity contribution in [1.82, 2.24) is 0 Å². The molecule has 3 aromatic carbocycles. The lowest BCUT2D eigenvalue weighted by molar-refractivity contribution is -0.128. The molecule has 0 heterocycles. The van der Waals surface area contributed by atoms with Crippen LogP contribution in [-0.4, -0.2) is 205 Å². The van der Waals surface area contributed by atoms with Crippen molar-refractivity contribution in [1.29, 1.82) is 0 Å². The van der Waals surface area contributed by atoms with Crippen molar-refractivity contribution in [2.24, 2.45) is 16.7 Å². The summed E-state index contributed by atoms with van der Waals surface area (Å²) < 4.78 is 350. The van der Waals surface area contributed by atoms with E-state index >= 15 is 0 Å². The summed E-state index contributed by atoms with van der Waals surface area (Å²) in [6.07, 6.45) is 12.2. The predicted molar refractivity (Wildman–Crippen MR) is 379 cm³/mol. The van der Waals surface area contributed by atoms with Crippen molar-refractivity contribution in [3.63, 3.8) is 0 Å². The summed E-state index contributed by atoms with van der Waals surface area (Å²) in [6.45, 7) is 5.31. The largest absolute Gasteiger partial charge is 0.299 e. The first-order valence-corrected chi connectivity index (χ1v) is 55.5. The number of aryl methyl sites for hydroxylation is 1. The Labute approximate surface area is 597 Å². The zero-order valence-corrected chi connectivity index (χ0v) is 68.7. The van der Waals surface area contributed by atoms with Crippen LogP contribution in [-0.2, 0) is 152 Å². The molecule has 4 fully saturated rings. The molecule has 0 aliphatic heterocycles. The zero-order chi connectivity index (χ0) is 78.8. The minimum absolute atomic E-state index is 0.0464. The third-order valence-electron chi connectivity index (χ3n) is 16.1. The number of carbonyl (C=O) groups is 1. The fraction of sp³-hybridized carbons (Fsp3) is 0.564. The van der Waals surface area contributed by atoms with Crippen LogP contribution in [0.3, 0.4) is 0 Å². The Morgan fingerprint density at radius 1 is 0.337 bits per heavy atom. The Morgan fingerprint density at radius 3 is 0.861 bits per heavy atom. The Balaban J connectivity index is 0.000000332. The number of benzene rings is 3. The normalized spacial score (nSPS) is 19.8. The predicted octanol–water partition coefficient (Wildman–Crippen LogP) is 2.60. The van der Waals surface area contributed by atoms with E-state index in [0.717, 1.165) is 42.7 Å². The van der Waals surface area contributed by atoms with Gasteiger partial charge in [0.05, 0.1) is 151 Å². The fourth-order valence-corrected chi connectivity index (χ4v) is 48.7. The summed E-state index contributed by atoms with van der Waals surface area (Å²) in [7, 11) is -66.7. The van der Waals surface area contributed by atoms with Crippen LogP contribution < -0.4 is 0 Å². The van der Waals surface area contributed by atoms with Crippen LogP contribution in [0.5, 0.6) is 0 Å². The summed E-state index contributed by atoms with van der Waals surface area (Å²) in [5.74, 6) is -0.938. The van der Waals surface area contributed by atoms with Crippen LogP contribution in [0, 0.1) is 43.2 Å². The summed E-state index contributed by atoms with van der Waals surface area (Å²) in [6, 6.07) is 18.4. The van der Waals surface area contributed by atoms with Gasteiger partial charge in [0.2, 0.25) is 0 Å². The van der Waals surface area contributed by atoms with Gasteiger partial charge < -0.3 is 0 Å². The highest BCUT2D eigenvalue weighted by atomic mass is 32.3. The zero-order valence-electron chi connectivity index (χ0n) is 56.5. The molecule has 4 aliphatic rings. The maximum atomic E-state index is 12.8. The molecule has 0 radical (unpaired) electrons. The number of rotatable bonds is 22. The number of ketones is 1. The molecular weight excluding hydrogens is 1640 g/mol. The average Bonchev–Trinajstić information content (AvgIpc) is 1.56. The van der Waals surface area contributed by atoms with Crippen molar-refractivity contribution in [2.45, 2.75) is 129 Å². The topological polar surface area (TPSA) is 529 Å². The molecule has 101 heavy (non-hydrogen) atoms. The van der Waals surface area contributed by atoms with E-state index in [-0.39, 0.29) is 23.0 Å². The molecular formula is C55H81O31S15-5. The summed E-state index contributed by atoms with van der Waals surface area (Å²) in [5.41, 5.74) is -1.05. The molecule has 0 aromatic heterocycles. The third-order valence-corrected chi connectivity index (χ3v) is 55.2. The lowest BCUT2D eigenvalue weighted by Crippen LogP contribution is -2.45. The minimum Gasteiger partial charge on any atom is -0.299 e. The highest BCUT2D eigenvalue weighted by Crippen LogP contribution is 2.64. The fourth-order valence-electron chi connectivity index (χ4n) is 12.1. The second kappa shape index (κ2) is 32.2. The molecule has 582 valence electrons. The van der Waals surface area contributed by atoms with E-state index in [1.807, 2.05) is 0 Å². The minimum atomic E-state index is -4.72. The molecule has 7 rings (SSSR count). The Bertz CT molecular complexity index is 5110. The van der Waals surface area contributed by atoms with Crippen molar-refractivity contribution in [2.75, 3.05) is 62.1 Å². The first-order valence-electron chi connectivity index (χ1n) is 29.3. The van der Waals surface area contributed by atoms with Crippen molar-refractivity contribution in [3.8, 4) is 0 Å². The quantitative estimate of drug-likeness (QED) is 0.130. The molecule has 0 amide bonds. The molecule has 0 N–H and O–H groups in total. The number of fused-ring (bicyclic) bond motifs is 2. The van der Waals surface area contributed by atoms with Crippen molar-refractivity contribution >= 4 is 153 Å². The van der Waals surface area contributed by atoms with Gasteiger partial charge in [-0.1, -0.05) is 106 Å². The molecule has 4 saturated carbocycles. The molecule has 2 bridgehead atoms. The van der Waals surface area contributed by atoms with Crippen LogP contribution in [0.4, 0.5) is 0 Å². The first-order chi connectivity index (χ1) is 44.9. The standard InChI is InChI=1S/C14H25O6S3.C14H13O6S3.C13H21O7S3.C10H13O6S3.C4H9O6S3/c2*1-21(15,16)14(22(17,18)12-8-4-2-5-9-12)23(19,20)13-10-6-3-7-11-13;1-12(2)9-5-6-13(12,10(14)7-9)8-23(19,20)11(21(3,15)16)22(4,17)18;1-8-4-6-9(7-5-8)19(15,16)10(17(2,11)12)18(3,13)14;1-11(5,6)4(12(2,7)8)13(3,9)10/h12-13H,2-11H2,1H3;2-11H,1H3;9H,5-8H2,1-4H3;4-7H,1-3H3;1-3H3/q5*-1.